The van der Waals surface area contributed by atoms with E-state index in [0.717, 1.165) is 52.1 Å². The van der Waals surface area contributed by atoms with Crippen molar-refractivity contribution in [3.8, 4) is 6.07 Å². The number of hydrogen-bond donors (Lipinski definition) is 1. The first-order valence-electron chi connectivity index (χ1n) is 8.02. The van der Waals surface area contributed by atoms with Gasteiger partial charge in [-0.2, -0.15) is 5.26 Å². The lowest BCUT2D eigenvalue weighted by molar-refractivity contribution is 0.0418. The Morgan fingerprint density at radius 3 is 2.85 bits per heavy atom. The number of nitrogens with one attached hydrogen (secondary N) is 1. The number of rotatable bonds is 9. The largest absolute Gasteiger partial charge is 0.381 e. The van der Waals surface area contributed by atoms with Crippen molar-refractivity contribution in [2.75, 3.05) is 39.9 Å². The van der Waals surface area contributed by atoms with Gasteiger partial charge in [-0.3, -0.25) is 5.32 Å². The van der Waals surface area contributed by atoms with Gasteiger partial charge < -0.3 is 9.64 Å². The predicted octanol–water partition coefficient (Wildman–Crippen LogP) is 2.41. The highest BCUT2D eigenvalue weighted by Gasteiger charge is 2.21. The van der Waals surface area contributed by atoms with E-state index in [1.165, 1.54) is 12.8 Å². The van der Waals surface area contributed by atoms with Crippen LogP contribution in [0.15, 0.2) is 0 Å². The molecular weight excluding hydrogens is 250 g/mol. The fraction of sp³-hybridized carbons (Fsp3) is 0.938. The zero-order valence-corrected chi connectivity index (χ0v) is 13.5. The monoisotopic (exact) mass is 281 g/mol. The Morgan fingerprint density at radius 2 is 2.25 bits per heavy atom. The quantitative estimate of drug-likeness (QED) is 0.659. The predicted molar refractivity (Wildman–Crippen MR) is 82.6 cm³/mol. The first-order chi connectivity index (χ1) is 9.59. The number of nitriles is 1. The third kappa shape index (κ3) is 6.69. The maximum absolute atomic E-state index is 9.20. The Hall–Kier alpha value is -0.630. The fourth-order valence-corrected chi connectivity index (χ4v) is 2.92. The van der Waals surface area contributed by atoms with Gasteiger partial charge in [0.15, 0.2) is 0 Å². The normalized spacial score (nSPS) is 22.4. The molecule has 1 N–H and O–H groups in total. The number of hydrogen-bond acceptors (Lipinski definition) is 4. The van der Waals surface area contributed by atoms with E-state index in [2.05, 4.69) is 30.3 Å². The van der Waals surface area contributed by atoms with Crippen molar-refractivity contribution < 1.29 is 4.74 Å². The zero-order chi connectivity index (χ0) is 14.8. The van der Waals surface area contributed by atoms with Crippen LogP contribution in [0.1, 0.15) is 46.0 Å². The summed E-state index contributed by atoms with van der Waals surface area (Å²) in [5.41, 5.74) is -0.357. The van der Waals surface area contributed by atoms with E-state index in [4.69, 9.17) is 4.74 Å². The van der Waals surface area contributed by atoms with Gasteiger partial charge in [0.2, 0.25) is 0 Å². The van der Waals surface area contributed by atoms with Crippen molar-refractivity contribution in [1.29, 1.82) is 5.26 Å². The Labute approximate surface area is 124 Å². The molecule has 4 heteroatoms. The number of ether oxygens (including phenoxy) is 1. The van der Waals surface area contributed by atoms with Crippen molar-refractivity contribution in [1.82, 2.24) is 10.2 Å². The molecule has 0 spiro atoms. The standard InChI is InChI=1S/C16H31N3O/c1-4-18-16(2,14-17)9-5-6-10-19(3)12-15-8-7-11-20-13-15/h15,18H,4-13H2,1-3H3. The molecule has 0 bridgehead atoms. The van der Waals surface area contributed by atoms with E-state index in [-0.39, 0.29) is 5.54 Å². The SMILES string of the molecule is CCNC(C)(C#N)CCCCN(C)CC1CCCOC1. The minimum Gasteiger partial charge on any atom is -0.381 e. The molecule has 1 saturated heterocycles. The van der Waals surface area contributed by atoms with Gasteiger partial charge in [-0.05, 0) is 65.1 Å². The van der Waals surface area contributed by atoms with Crippen LogP contribution >= 0.6 is 0 Å². The molecule has 0 aromatic rings. The van der Waals surface area contributed by atoms with Crippen LogP contribution in [-0.2, 0) is 4.74 Å². The molecular formula is C16H31N3O. The second kappa shape index (κ2) is 9.33. The van der Waals surface area contributed by atoms with Gasteiger partial charge in [0.1, 0.15) is 5.54 Å². The molecule has 116 valence electrons. The topological polar surface area (TPSA) is 48.3 Å². The van der Waals surface area contributed by atoms with E-state index < -0.39 is 0 Å². The summed E-state index contributed by atoms with van der Waals surface area (Å²) in [6.45, 7) is 9.03. The van der Waals surface area contributed by atoms with Crippen LogP contribution < -0.4 is 5.32 Å². The molecule has 2 unspecified atom stereocenters. The smallest absolute Gasteiger partial charge is 0.103 e. The minimum absolute atomic E-state index is 0.357. The van der Waals surface area contributed by atoms with Gasteiger partial charge in [-0.25, -0.2) is 0 Å². The Balaban J connectivity index is 2.12. The summed E-state index contributed by atoms with van der Waals surface area (Å²) in [5.74, 6) is 0.708. The van der Waals surface area contributed by atoms with Crippen molar-refractivity contribution in [2.45, 2.75) is 51.5 Å². The molecule has 0 aliphatic carbocycles. The van der Waals surface area contributed by atoms with Crippen molar-refractivity contribution in [3.05, 3.63) is 0 Å². The lowest BCUT2D eigenvalue weighted by Gasteiger charge is -2.27. The fourth-order valence-electron chi connectivity index (χ4n) is 2.92. The lowest BCUT2D eigenvalue weighted by Crippen LogP contribution is -2.40. The summed E-state index contributed by atoms with van der Waals surface area (Å²) < 4.78 is 5.52. The van der Waals surface area contributed by atoms with Crippen LogP contribution in [0.2, 0.25) is 0 Å². The first-order valence-corrected chi connectivity index (χ1v) is 8.02. The summed E-state index contributed by atoms with van der Waals surface area (Å²) in [5, 5.41) is 12.5. The molecule has 1 aliphatic rings. The highest BCUT2D eigenvalue weighted by atomic mass is 16.5. The van der Waals surface area contributed by atoms with Gasteiger partial charge in [0.25, 0.3) is 0 Å². The molecule has 0 amide bonds. The Kier molecular flexibility index (Phi) is 8.13. The second-order valence-corrected chi connectivity index (χ2v) is 6.28. The summed E-state index contributed by atoms with van der Waals surface area (Å²) in [6.07, 6.45) is 5.70. The Bertz CT molecular complexity index is 297. The molecule has 0 aromatic heterocycles. The van der Waals surface area contributed by atoms with E-state index >= 15 is 0 Å². The lowest BCUT2D eigenvalue weighted by atomic mass is 9.96. The highest BCUT2D eigenvalue weighted by Crippen LogP contribution is 2.16. The van der Waals surface area contributed by atoms with Crippen LogP contribution in [0, 0.1) is 17.2 Å². The van der Waals surface area contributed by atoms with Crippen molar-refractivity contribution >= 4 is 0 Å². The van der Waals surface area contributed by atoms with Crippen molar-refractivity contribution in [2.24, 2.45) is 5.92 Å². The van der Waals surface area contributed by atoms with E-state index in [0.29, 0.717) is 5.92 Å². The summed E-state index contributed by atoms with van der Waals surface area (Å²) in [6, 6.07) is 2.39. The molecule has 1 heterocycles. The van der Waals surface area contributed by atoms with Crippen LogP contribution in [0.25, 0.3) is 0 Å². The zero-order valence-electron chi connectivity index (χ0n) is 13.5. The first kappa shape index (κ1) is 17.4. The molecule has 0 saturated carbocycles. The van der Waals surface area contributed by atoms with Gasteiger partial charge in [0.05, 0.1) is 12.7 Å². The maximum Gasteiger partial charge on any atom is 0.103 e. The molecule has 1 rings (SSSR count). The average molecular weight is 281 g/mol. The van der Waals surface area contributed by atoms with E-state index in [1.807, 2.05) is 6.92 Å². The van der Waals surface area contributed by atoms with Crippen LogP contribution in [0.3, 0.4) is 0 Å². The molecule has 20 heavy (non-hydrogen) atoms. The molecule has 0 aromatic carbocycles. The summed E-state index contributed by atoms with van der Waals surface area (Å²) in [7, 11) is 2.20. The van der Waals surface area contributed by atoms with E-state index in [1.54, 1.807) is 0 Å². The van der Waals surface area contributed by atoms with Crippen LogP contribution in [-0.4, -0.2) is 50.3 Å². The van der Waals surface area contributed by atoms with Crippen LogP contribution in [0.5, 0.6) is 0 Å². The third-order valence-electron chi connectivity index (χ3n) is 4.10. The van der Waals surface area contributed by atoms with Crippen molar-refractivity contribution in [3.63, 3.8) is 0 Å². The van der Waals surface area contributed by atoms with Gasteiger partial charge in [-0.1, -0.05) is 6.92 Å². The minimum atomic E-state index is -0.357. The molecule has 2 atom stereocenters. The van der Waals surface area contributed by atoms with Gasteiger partial charge in [0, 0.05) is 13.2 Å². The average Bonchev–Trinajstić information content (AvgIpc) is 2.45. The molecule has 1 fully saturated rings. The molecule has 4 nitrogen and oxygen atoms in total. The summed E-state index contributed by atoms with van der Waals surface area (Å²) in [4.78, 5) is 2.41. The van der Waals surface area contributed by atoms with Gasteiger partial charge in [-0.15, -0.1) is 0 Å². The second-order valence-electron chi connectivity index (χ2n) is 6.28. The Morgan fingerprint density at radius 1 is 1.45 bits per heavy atom. The summed E-state index contributed by atoms with van der Waals surface area (Å²) >= 11 is 0. The molecule has 1 aliphatic heterocycles. The van der Waals surface area contributed by atoms with Gasteiger partial charge >= 0.3 is 0 Å². The highest BCUT2D eigenvalue weighted by molar-refractivity contribution is 5.03. The number of nitrogens with zero attached hydrogens (tertiary/aromatic N) is 2. The third-order valence-corrected chi connectivity index (χ3v) is 4.10. The maximum atomic E-state index is 9.20. The molecule has 0 radical (unpaired) electrons. The number of unbranched alkanes of at least 4 members (excludes halogenated alkanes) is 1. The van der Waals surface area contributed by atoms with E-state index in [9.17, 15) is 5.26 Å². The van der Waals surface area contributed by atoms with Crippen LogP contribution in [0.4, 0.5) is 0 Å².